The lowest BCUT2D eigenvalue weighted by Crippen LogP contribution is -2.42. The van der Waals surface area contributed by atoms with Gasteiger partial charge in [-0.1, -0.05) is 13.8 Å². The van der Waals surface area contributed by atoms with Crippen molar-refractivity contribution in [1.82, 2.24) is 5.32 Å². The average Bonchev–Trinajstić information content (AvgIpc) is 2.48. The summed E-state index contributed by atoms with van der Waals surface area (Å²) >= 11 is 0. The number of nitrogen functional groups attached to an aromatic ring is 1. The average molecular weight is 294 g/mol. The molecule has 1 amide bonds. The van der Waals surface area contributed by atoms with Crippen molar-refractivity contribution in [2.24, 2.45) is 5.41 Å². The van der Waals surface area contributed by atoms with Crippen LogP contribution < -0.4 is 15.8 Å². The van der Waals surface area contributed by atoms with Gasteiger partial charge in [0.15, 0.2) is 0 Å². The summed E-state index contributed by atoms with van der Waals surface area (Å²) in [5.41, 5.74) is 5.46. The largest absolute Gasteiger partial charge is 0.497 e. The number of nitrogens with one attached hydrogen (secondary N) is 1. The van der Waals surface area contributed by atoms with Gasteiger partial charge in [-0.15, -0.1) is 0 Å². The van der Waals surface area contributed by atoms with E-state index in [9.17, 15) is 14.7 Å². The summed E-state index contributed by atoms with van der Waals surface area (Å²) in [5, 5.41) is 12.0. The van der Waals surface area contributed by atoms with Crippen molar-refractivity contribution >= 4 is 17.6 Å². The molecule has 0 bridgehead atoms. The molecule has 0 atom stereocenters. The van der Waals surface area contributed by atoms with Crippen LogP contribution in [-0.4, -0.2) is 30.6 Å². The van der Waals surface area contributed by atoms with E-state index in [-0.39, 0.29) is 12.5 Å². The zero-order valence-electron chi connectivity index (χ0n) is 12.6. The molecule has 0 radical (unpaired) electrons. The van der Waals surface area contributed by atoms with Crippen molar-refractivity contribution in [3.8, 4) is 5.75 Å². The van der Waals surface area contributed by atoms with Crippen molar-refractivity contribution in [1.29, 1.82) is 0 Å². The lowest BCUT2D eigenvalue weighted by Gasteiger charge is -2.26. The molecule has 1 aromatic rings. The summed E-state index contributed by atoms with van der Waals surface area (Å²) in [4.78, 5) is 23.5. The first kappa shape index (κ1) is 16.8. The Morgan fingerprint density at radius 3 is 2.38 bits per heavy atom. The van der Waals surface area contributed by atoms with E-state index < -0.39 is 11.4 Å². The van der Waals surface area contributed by atoms with Crippen LogP contribution >= 0.6 is 0 Å². The number of rotatable bonds is 7. The molecule has 0 aliphatic rings. The van der Waals surface area contributed by atoms with Crippen LogP contribution in [0.1, 0.15) is 37.0 Å². The van der Waals surface area contributed by atoms with E-state index in [4.69, 9.17) is 10.5 Å². The maximum Gasteiger partial charge on any atom is 0.311 e. The Balaban J connectivity index is 2.84. The minimum Gasteiger partial charge on any atom is -0.497 e. The third kappa shape index (κ3) is 3.65. The van der Waals surface area contributed by atoms with Gasteiger partial charge in [-0.2, -0.15) is 0 Å². The second-order valence-electron chi connectivity index (χ2n) is 4.93. The van der Waals surface area contributed by atoms with Crippen molar-refractivity contribution in [2.75, 3.05) is 19.4 Å². The molecule has 4 N–H and O–H groups in total. The molecule has 0 aliphatic carbocycles. The van der Waals surface area contributed by atoms with Crippen molar-refractivity contribution < 1.29 is 19.4 Å². The Bertz CT molecular complexity index is 524. The van der Waals surface area contributed by atoms with Crippen LogP contribution in [0.25, 0.3) is 0 Å². The summed E-state index contributed by atoms with van der Waals surface area (Å²) in [6.45, 7) is 3.66. The highest BCUT2D eigenvalue weighted by Gasteiger charge is 2.35. The SMILES string of the molecule is CCC(CC)(CNC(=O)c1ccc(OC)cc1N)C(=O)O. The van der Waals surface area contributed by atoms with E-state index in [0.717, 1.165) is 0 Å². The number of ether oxygens (including phenoxy) is 1. The molecule has 1 aromatic carbocycles. The molecule has 6 heteroatoms. The summed E-state index contributed by atoms with van der Waals surface area (Å²) < 4.78 is 5.02. The van der Waals surface area contributed by atoms with E-state index in [2.05, 4.69) is 5.32 Å². The normalized spacial score (nSPS) is 11.0. The highest BCUT2D eigenvalue weighted by atomic mass is 16.5. The predicted molar refractivity (Wildman–Crippen MR) is 80.4 cm³/mol. The fourth-order valence-corrected chi connectivity index (χ4v) is 2.10. The highest BCUT2D eigenvalue weighted by molar-refractivity contribution is 5.99. The summed E-state index contributed by atoms with van der Waals surface area (Å²) in [5.74, 6) is -0.732. The van der Waals surface area contributed by atoms with Crippen molar-refractivity contribution in [3.05, 3.63) is 23.8 Å². The van der Waals surface area contributed by atoms with Gasteiger partial charge < -0.3 is 20.9 Å². The zero-order chi connectivity index (χ0) is 16.0. The summed E-state index contributed by atoms with van der Waals surface area (Å²) in [6, 6.07) is 4.75. The van der Waals surface area contributed by atoms with Crippen LogP contribution in [0.2, 0.25) is 0 Å². The van der Waals surface area contributed by atoms with Gasteiger partial charge >= 0.3 is 5.97 Å². The molecule has 0 spiro atoms. The molecule has 21 heavy (non-hydrogen) atoms. The molecule has 0 aromatic heterocycles. The number of benzene rings is 1. The van der Waals surface area contributed by atoms with Crippen LogP contribution in [0.15, 0.2) is 18.2 Å². The third-order valence-electron chi connectivity index (χ3n) is 3.90. The smallest absolute Gasteiger partial charge is 0.311 e. The predicted octanol–water partition coefficient (Wildman–Crippen LogP) is 1.90. The standard InChI is InChI=1S/C15H22N2O4/c1-4-15(5-2,14(19)20)9-17-13(18)11-7-6-10(21-3)8-12(11)16/h6-8H,4-5,9,16H2,1-3H3,(H,17,18)(H,19,20). The molecule has 1 rings (SSSR count). The first-order valence-corrected chi connectivity index (χ1v) is 6.85. The van der Waals surface area contributed by atoms with Gasteiger partial charge in [0.25, 0.3) is 5.91 Å². The zero-order valence-corrected chi connectivity index (χ0v) is 12.6. The number of carboxylic acid groups (broad SMARTS) is 1. The van der Waals surface area contributed by atoms with Gasteiger partial charge in [-0.25, -0.2) is 0 Å². The van der Waals surface area contributed by atoms with Crippen molar-refractivity contribution in [2.45, 2.75) is 26.7 Å². The molecule has 6 nitrogen and oxygen atoms in total. The fraction of sp³-hybridized carbons (Fsp3) is 0.467. The lowest BCUT2D eigenvalue weighted by molar-refractivity contribution is -0.149. The Hall–Kier alpha value is -2.24. The van der Waals surface area contributed by atoms with Gasteiger partial charge in [0.2, 0.25) is 0 Å². The molecule has 0 heterocycles. The van der Waals surface area contributed by atoms with Gasteiger partial charge in [0.1, 0.15) is 5.75 Å². The first-order chi connectivity index (χ1) is 9.90. The maximum absolute atomic E-state index is 12.1. The number of aliphatic carboxylic acids is 1. The minimum absolute atomic E-state index is 0.0691. The van der Waals surface area contributed by atoms with E-state index >= 15 is 0 Å². The number of nitrogens with two attached hydrogens (primary N) is 1. The van der Waals surface area contributed by atoms with Crippen LogP contribution in [0.4, 0.5) is 5.69 Å². The Morgan fingerprint density at radius 2 is 1.95 bits per heavy atom. The van der Waals surface area contributed by atoms with Gasteiger partial charge in [0.05, 0.1) is 18.1 Å². The quantitative estimate of drug-likeness (QED) is 0.667. The number of hydrogen-bond acceptors (Lipinski definition) is 4. The van der Waals surface area contributed by atoms with E-state index in [1.54, 1.807) is 32.0 Å². The number of methoxy groups -OCH3 is 1. The van der Waals surface area contributed by atoms with Crippen LogP contribution in [0, 0.1) is 5.41 Å². The number of carbonyl (C=O) groups is 2. The van der Waals surface area contributed by atoms with Crippen molar-refractivity contribution in [3.63, 3.8) is 0 Å². The fourth-order valence-electron chi connectivity index (χ4n) is 2.10. The van der Waals surface area contributed by atoms with Gasteiger partial charge in [0, 0.05) is 18.3 Å². The first-order valence-electron chi connectivity index (χ1n) is 6.85. The number of carbonyl (C=O) groups excluding carboxylic acids is 1. The monoisotopic (exact) mass is 294 g/mol. The molecular weight excluding hydrogens is 272 g/mol. The summed E-state index contributed by atoms with van der Waals surface area (Å²) in [6.07, 6.45) is 0.883. The number of amides is 1. The Kier molecular flexibility index (Phi) is 5.58. The molecular formula is C15H22N2O4. The molecule has 0 aliphatic heterocycles. The Labute approximate surface area is 124 Å². The molecule has 0 fully saturated rings. The van der Waals surface area contributed by atoms with Crippen LogP contribution in [0.5, 0.6) is 5.75 Å². The lowest BCUT2D eigenvalue weighted by atomic mass is 9.82. The molecule has 0 unspecified atom stereocenters. The van der Waals surface area contributed by atoms with E-state index in [1.165, 1.54) is 7.11 Å². The Morgan fingerprint density at radius 1 is 1.33 bits per heavy atom. The minimum atomic E-state index is -0.948. The number of hydrogen-bond donors (Lipinski definition) is 3. The molecule has 116 valence electrons. The van der Waals surface area contributed by atoms with Gasteiger partial charge in [-0.3, -0.25) is 9.59 Å². The number of anilines is 1. The third-order valence-corrected chi connectivity index (χ3v) is 3.90. The van der Waals surface area contributed by atoms with Gasteiger partial charge in [-0.05, 0) is 25.0 Å². The maximum atomic E-state index is 12.1. The summed E-state index contributed by atoms with van der Waals surface area (Å²) in [7, 11) is 1.51. The van der Waals surface area contributed by atoms with E-state index in [0.29, 0.717) is 29.8 Å². The van der Waals surface area contributed by atoms with Crippen LogP contribution in [-0.2, 0) is 4.79 Å². The number of carboxylic acids is 1. The highest BCUT2D eigenvalue weighted by Crippen LogP contribution is 2.26. The molecule has 0 saturated heterocycles. The van der Waals surface area contributed by atoms with Crippen LogP contribution in [0.3, 0.4) is 0 Å². The second kappa shape index (κ2) is 6.97. The second-order valence-corrected chi connectivity index (χ2v) is 4.93. The molecule has 0 saturated carbocycles. The van der Waals surface area contributed by atoms with E-state index in [1.807, 2.05) is 0 Å². The topological polar surface area (TPSA) is 102 Å².